The Morgan fingerprint density at radius 3 is 2.60 bits per heavy atom. The molecular weight excluding hydrogens is 338 g/mol. The minimum atomic E-state index is 0.160. The number of hydrogen-bond donors (Lipinski definition) is 1. The molecule has 1 aromatic carbocycles. The minimum Gasteiger partial charge on any atom is -0.378 e. The van der Waals surface area contributed by atoms with Crippen LogP contribution in [0.15, 0.2) is 18.2 Å². The molecule has 2 saturated heterocycles. The van der Waals surface area contributed by atoms with Crippen LogP contribution in [-0.2, 0) is 9.53 Å². The van der Waals surface area contributed by atoms with Gasteiger partial charge in [0.1, 0.15) is 0 Å². The van der Waals surface area contributed by atoms with Gasteiger partial charge in [0.25, 0.3) is 0 Å². The number of nitrogens with one attached hydrogen (secondary N) is 1. The zero-order valence-corrected chi connectivity index (χ0v) is 15.9. The summed E-state index contributed by atoms with van der Waals surface area (Å²) < 4.78 is 5.44. The lowest BCUT2D eigenvalue weighted by Gasteiger charge is -2.39. The van der Waals surface area contributed by atoms with E-state index >= 15 is 0 Å². The van der Waals surface area contributed by atoms with Crippen LogP contribution in [0.25, 0.3) is 0 Å². The Balaban J connectivity index is 1.69. The predicted molar refractivity (Wildman–Crippen MR) is 103 cm³/mol. The van der Waals surface area contributed by atoms with Crippen molar-refractivity contribution in [1.29, 1.82) is 0 Å². The van der Waals surface area contributed by atoms with Crippen molar-refractivity contribution >= 4 is 28.9 Å². The number of carbonyl (C=O) groups excluding carboxylic acids is 1. The second-order valence-electron chi connectivity index (χ2n) is 7.04. The number of nitrogens with zero attached hydrogens (tertiary/aromatic N) is 2. The predicted octanol–water partition coefficient (Wildman–Crippen LogP) is 3.38. The molecule has 1 aromatic rings. The Hall–Kier alpha value is -1.46. The molecule has 0 aromatic heterocycles. The third-order valence-electron chi connectivity index (χ3n) is 5.22. The van der Waals surface area contributed by atoms with Gasteiger partial charge in [0.15, 0.2) is 0 Å². The van der Waals surface area contributed by atoms with Crippen LogP contribution in [0.4, 0.5) is 11.4 Å². The normalized spacial score (nSPS) is 24.3. The zero-order chi connectivity index (χ0) is 17.8. The summed E-state index contributed by atoms with van der Waals surface area (Å²) in [4.78, 5) is 17.1. The number of halogens is 1. The molecule has 3 rings (SSSR count). The maximum Gasteiger partial charge on any atom is 0.242 e. The van der Waals surface area contributed by atoms with Crippen LogP contribution >= 0.6 is 11.6 Å². The maximum absolute atomic E-state index is 12.8. The van der Waals surface area contributed by atoms with Crippen LogP contribution < -0.4 is 10.2 Å². The summed E-state index contributed by atoms with van der Waals surface area (Å²) in [6.45, 7) is 7.74. The first-order chi connectivity index (χ1) is 12.1. The van der Waals surface area contributed by atoms with Crippen molar-refractivity contribution < 1.29 is 9.53 Å². The van der Waals surface area contributed by atoms with Crippen LogP contribution in [0.5, 0.6) is 0 Å². The van der Waals surface area contributed by atoms with Gasteiger partial charge in [-0.1, -0.05) is 11.6 Å². The van der Waals surface area contributed by atoms with Crippen LogP contribution in [0.2, 0.25) is 5.02 Å². The topological polar surface area (TPSA) is 44.8 Å². The number of piperidine rings is 1. The van der Waals surface area contributed by atoms with E-state index in [2.05, 4.69) is 24.1 Å². The number of likely N-dealkylation sites (tertiary alicyclic amines) is 1. The van der Waals surface area contributed by atoms with E-state index in [-0.39, 0.29) is 5.91 Å². The van der Waals surface area contributed by atoms with Gasteiger partial charge in [-0.3, -0.25) is 4.79 Å². The third-order valence-corrected chi connectivity index (χ3v) is 5.46. The van der Waals surface area contributed by atoms with Crippen LogP contribution in [0.1, 0.15) is 33.1 Å². The van der Waals surface area contributed by atoms with Gasteiger partial charge in [-0.25, -0.2) is 0 Å². The van der Waals surface area contributed by atoms with E-state index in [0.717, 1.165) is 50.5 Å². The number of hydrogen-bond acceptors (Lipinski definition) is 4. The Labute approximate surface area is 155 Å². The molecule has 6 heteroatoms. The van der Waals surface area contributed by atoms with Crippen molar-refractivity contribution in [2.45, 2.75) is 45.2 Å². The van der Waals surface area contributed by atoms with Crippen LogP contribution in [-0.4, -0.2) is 55.7 Å². The highest BCUT2D eigenvalue weighted by Gasteiger charge is 2.28. The van der Waals surface area contributed by atoms with E-state index in [1.54, 1.807) is 0 Å². The molecule has 2 fully saturated rings. The van der Waals surface area contributed by atoms with Crippen molar-refractivity contribution in [2.24, 2.45) is 0 Å². The Morgan fingerprint density at radius 1 is 1.24 bits per heavy atom. The first kappa shape index (κ1) is 18.3. The van der Waals surface area contributed by atoms with Crippen molar-refractivity contribution in [3.05, 3.63) is 23.2 Å². The molecule has 1 amide bonds. The lowest BCUT2D eigenvalue weighted by atomic mass is 9.97. The molecule has 2 atom stereocenters. The van der Waals surface area contributed by atoms with Gasteiger partial charge in [0, 0.05) is 30.2 Å². The number of ether oxygens (including phenoxy) is 1. The molecule has 0 saturated carbocycles. The fourth-order valence-corrected chi connectivity index (χ4v) is 4.08. The number of morpholine rings is 1. The molecule has 138 valence electrons. The number of amides is 1. The first-order valence-corrected chi connectivity index (χ1v) is 9.61. The van der Waals surface area contributed by atoms with Gasteiger partial charge in [-0.15, -0.1) is 0 Å². The fraction of sp³-hybridized carbons (Fsp3) is 0.632. The highest BCUT2D eigenvalue weighted by molar-refractivity contribution is 6.31. The summed E-state index contributed by atoms with van der Waals surface area (Å²) in [7, 11) is 0. The monoisotopic (exact) mass is 365 g/mol. The molecule has 1 N–H and O–H groups in total. The smallest absolute Gasteiger partial charge is 0.242 e. The summed E-state index contributed by atoms with van der Waals surface area (Å²) in [6, 6.07) is 6.45. The molecule has 2 unspecified atom stereocenters. The molecule has 2 aliphatic rings. The summed E-state index contributed by atoms with van der Waals surface area (Å²) in [5.41, 5.74) is 2.00. The standard InChI is InChI=1S/C19H28ClN3O2/c1-14-4-3-5-15(2)23(14)19(24)13-21-17-12-16(20)6-7-18(17)22-8-10-25-11-9-22/h6-7,12,14-15,21H,3-5,8-11,13H2,1-2H3. The van der Waals surface area contributed by atoms with E-state index in [9.17, 15) is 4.79 Å². The lowest BCUT2D eigenvalue weighted by Crippen LogP contribution is -2.49. The van der Waals surface area contributed by atoms with Crippen LogP contribution in [0, 0.1) is 0 Å². The van der Waals surface area contributed by atoms with Gasteiger partial charge in [0.05, 0.1) is 31.1 Å². The molecule has 2 heterocycles. The van der Waals surface area contributed by atoms with Gasteiger partial charge in [-0.05, 0) is 51.3 Å². The first-order valence-electron chi connectivity index (χ1n) is 9.23. The van der Waals surface area contributed by atoms with Gasteiger partial charge in [0.2, 0.25) is 5.91 Å². The van der Waals surface area contributed by atoms with E-state index < -0.39 is 0 Å². The number of carbonyl (C=O) groups is 1. The molecule has 0 aliphatic carbocycles. The number of rotatable bonds is 4. The summed E-state index contributed by atoms with van der Waals surface area (Å²) in [6.07, 6.45) is 3.38. The second kappa shape index (κ2) is 8.28. The molecular formula is C19H28ClN3O2. The molecule has 5 nitrogen and oxygen atoms in total. The minimum absolute atomic E-state index is 0.160. The SMILES string of the molecule is CC1CCCC(C)N1C(=O)CNc1cc(Cl)ccc1N1CCOCC1. The number of anilines is 2. The summed E-state index contributed by atoms with van der Waals surface area (Å²) in [5, 5.41) is 4.00. The van der Waals surface area contributed by atoms with Crippen molar-refractivity contribution in [2.75, 3.05) is 43.1 Å². The van der Waals surface area contributed by atoms with Crippen molar-refractivity contribution in [3.8, 4) is 0 Å². The fourth-order valence-electron chi connectivity index (χ4n) is 3.90. The molecule has 0 spiro atoms. The van der Waals surface area contributed by atoms with Crippen molar-refractivity contribution in [1.82, 2.24) is 4.90 Å². The molecule has 2 aliphatic heterocycles. The van der Waals surface area contributed by atoms with E-state index in [1.165, 1.54) is 6.42 Å². The van der Waals surface area contributed by atoms with Gasteiger partial charge >= 0.3 is 0 Å². The quantitative estimate of drug-likeness (QED) is 0.888. The number of benzene rings is 1. The lowest BCUT2D eigenvalue weighted by molar-refractivity contribution is -0.135. The zero-order valence-electron chi connectivity index (χ0n) is 15.1. The molecule has 0 bridgehead atoms. The second-order valence-corrected chi connectivity index (χ2v) is 7.48. The van der Waals surface area contributed by atoms with E-state index in [4.69, 9.17) is 16.3 Å². The Bertz CT molecular complexity index is 594. The van der Waals surface area contributed by atoms with Crippen molar-refractivity contribution in [3.63, 3.8) is 0 Å². The average Bonchev–Trinajstić information content (AvgIpc) is 2.60. The highest BCUT2D eigenvalue weighted by atomic mass is 35.5. The Morgan fingerprint density at radius 2 is 1.92 bits per heavy atom. The average molecular weight is 366 g/mol. The third kappa shape index (κ3) is 4.39. The van der Waals surface area contributed by atoms with E-state index in [1.807, 2.05) is 23.1 Å². The summed E-state index contributed by atoms with van der Waals surface area (Å²) in [5.74, 6) is 0.160. The molecule has 25 heavy (non-hydrogen) atoms. The van der Waals surface area contributed by atoms with Crippen LogP contribution in [0.3, 0.4) is 0 Å². The Kier molecular flexibility index (Phi) is 6.07. The maximum atomic E-state index is 12.8. The highest BCUT2D eigenvalue weighted by Crippen LogP contribution is 2.30. The van der Waals surface area contributed by atoms with E-state index in [0.29, 0.717) is 23.7 Å². The molecule has 0 radical (unpaired) electrons. The summed E-state index contributed by atoms with van der Waals surface area (Å²) >= 11 is 6.19. The van der Waals surface area contributed by atoms with Gasteiger partial charge in [-0.2, -0.15) is 0 Å². The largest absolute Gasteiger partial charge is 0.378 e. The van der Waals surface area contributed by atoms with Gasteiger partial charge < -0.3 is 19.9 Å².